The summed E-state index contributed by atoms with van der Waals surface area (Å²) < 4.78 is 31.8. The number of rotatable bonds is 7. The number of piperazine rings is 1. The number of hydrogen-bond donors (Lipinski definition) is 1. The Labute approximate surface area is 228 Å². The fraction of sp³-hybridized carbons (Fsp3) is 0.448. The molecule has 1 aliphatic rings. The van der Waals surface area contributed by atoms with Crippen molar-refractivity contribution in [3.8, 4) is 11.3 Å². The van der Waals surface area contributed by atoms with Crippen LogP contribution in [-0.4, -0.2) is 66.5 Å². The quantitative estimate of drug-likeness (QED) is 0.317. The molecule has 1 fully saturated rings. The molecule has 0 aliphatic carbocycles. The van der Waals surface area contributed by atoms with Crippen molar-refractivity contribution < 1.29 is 8.78 Å². The largest absolute Gasteiger partial charge is 0.326 e. The number of aromatic nitrogens is 5. The van der Waals surface area contributed by atoms with E-state index in [9.17, 15) is 8.78 Å². The lowest BCUT2D eigenvalue weighted by molar-refractivity contribution is 0.0569. The van der Waals surface area contributed by atoms with Crippen LogP contribution in [0.4, 0.5) is 20.5 Å². The topological polar surface area (TPSA) is 75.0 Å². The van der Waals surface area contributed by atoms with Gasteiger partial charge in [0.05, 0.1) is 11.7 Å². The van der Waals surface area contributed by atoms with E-state index in [1.807, 2.05) is 43.7 Å². The SMILES string of the molecule is CCN1CCN(C(C)c2ccc(Nc3ncc(F)c(-c4cc(F)c5nc(C)n(C(C)C)c5c4)n3)nc2)C(C)C1. The average molecular weight is 535 g/mol. The first kappa shape index (κ1) is 27.1. The Kier molecular flexibility index (Phi) is 7.59. The number of benzene rings is 1. The van der Waals surface area contributed by atoms with E-state index in [0.717, 1.165) is 37.9 Å². The van der Waals surface area contributed by atoms with Crippen molar-refractivity contribution in [2.45, 2.75) is 59.7 Å². The van der Waals surface area contributed by atoms with E-state index in [2.05, 4.69) is 55.8 Å². The van der Waals surface area contributed by atoms with Crippen LogP contribution < -0.4 is 5.32 Å². The summed E-state index contributed by atoms with van der Waals surface area (Å²) in [6.45, 7) is 16.7. The Morgan fingerprint density at radius 2 is 1.82 bits per heavy atom. The number of likely N-dealkylation sites (N-methyl/N-ethyl adjacent to an activating group) is 1. The Morgan fingerprint density at radius 1 is 1.03 bits per heavy atom. The van der Waals surface area contributed by atoms with Crippen LogP contribution in [0.2, 0.25) is 0 Å². The third kappa shape index (κ3) is 5.35. The molecule has 1 N–H and O–H groups in total. The van der Waals surface area contributed by atoms with Crippen LogP contribution in [0.1, 0.15) is 58.1 Å². The molecule has 0 amide bonds. The van der Waals surface area contributed by atoms with Gasteiger partial charge in [-0.05, 0) is 64.9 Å². The Hall–Kier alpha value is -3.50. The van der Waals surface area contributed by atoms with E-state index in [1.54, 1.807) is 6.07 Å². The van der Waals surface area contributed by atoms with Crippen LogP contribution in [0.15, 0.2) is 36.7 Å². The van der Waals surface area contributed by atoms with E-state index in [4.69, 9.17) is 0 Å². The number of fused-ring (bicyclic) bond motifs is 1. The lowest BCUT2D eigenvalue weighted by atomic mass is 10.0. The minimum absolute atomic E-state index is 0.00732. The van der Waals surface area contributed by atoms with Crippen molar-refractivity contribution in [1.82, 2.24) is 34.3 Å². The number of nitrogens with zero attached hydrogens (tertiary/aromatic N) is 7. The molecule has 3 aromatic heterocycles. The van der Waals surface area contributed by atoms with E-state index < -0.39 is 11.6 Å². The lowest BCUT2D eigenvalue weighted by Gasteiger charge is -2.42. The van der Waals surface area contributed by atoms with Gasteiger partial charge in [-0.3, -0.25) is 4.90 Å². The Bertz CT molecular complexity index is 1470. The second-order valence-corrected chi connectivity index (χ2v) is 10.6. The van der Waals surface area contributed by atoms with Gasteiger partial charge in [0.1, 0.15) is 22.9 Å². The molecule has 5 rings (SSSR count). The van der Waals surface area contributed by atoms with Gasteiger partial charge in [0, 0.05) is 49.5 Å². The first-order valence-electron chi connectivity index (χ1n) is 13.6. The molecular weight excluding hydrogens is 498 g/mol. The first-order valence-corrected chi connectivity index (χ1v) is 13.6. The number of nitrogens with one attached hydrogen (secondary N) is 1. The predicted octanol–water partition coefficient (Wildman–Crippen LogP) is 5.89. The molecule has 10 heteroatoms. The minimum Gasteiger partial charge on any atom is -0.326 e. The standard InChI is InChI=1S/C29H36F2N8/c1-7-37-10-11-38(18(4)16-37)19(5)21-8-9-26(32-14-21)35-29-33-15-24(31)27(36-29)22-12-23(30)28-25(13-22)39(17(2)3)20(6)34-28/h8-9,12-15,17-19H,7,10-11,16H2,1-6H3,(H,32,33,35,36). The summed E-state index contributed by atoms with van der Waals surface area (Å²) in [6.07, 6.45) is 2.95. The maximum atomic E-state index is 15.0. The molecule has 0 spiro atoms. The smallest absolute Gasteiger partial charge is 0.229 e. The number of anilines is 2. The molecule has 2 unspecified atom stereocenters. The second kappa shape index (κ2) is 10.9. The van der Waals surface area contributed by atoms with Gasteiger partial charge in [-0.2, -0.15) is 0 Å². The minimum atomic E-state index is -0.638. The fourth-order valence-corrected chi connectivity index (χ4v) is 5.63. The Morgan fingerprint density at radius 3 is 2.49 bits per heavy atom. The van der Waals surface area contributed by atoms with Gasteiger partial charge in [-0.15, -0.1) is 0 Å². The summed E-state index contributed by atoms with van der Waals surface area (Å²) in [6, 6.07) is 7.68. The number of pyridine rings is 1. The van der Waals surface area contributed by atoms with E-state index >= 15 is 0 Å². The molecule has 0 bridgehead atoms. The van der Waals surface area contributed by atoms with Crippen LogP contribution in [0.3, 0.4) is 0 Å². The average Bonchev–Trinajstić information content (AvgIpc) is 3.26. The molecule has 2 atom stereocenters. The van der Waals surface area contributed by atoms with E-state index in [-0.39, 0.29) is 29.2 Å². The van der Waals surface area contributed by atoms with E-state index in [0.29, 0.717) is 28.8 Å². The lowest BCUT2D eigenvalue weighted by Crippen LogP contribution is -2.52. The number of halogens is 2. The van der Waals surface area contributed by atoms with Gasteiger partial charge < -0.3 is 14.8 Å². The third-order valence-corrected chi connectivity index (χ3v) is 7.68. The second-order valence-electron chi connectivity index (χ2n) is 10.6. The highest BCUT2D eigenvalue weighted by Gasteiger charge is 2.27. The molecule has 8 nitrogen and oxygen atoms in total. The van der Waals surface area contributed by atoms with Crippen LogP contribution in [-0.2, 0) is 0 Å². The molecule has 4 aromatic rings. The highest BCUT2D eigenvalue weighted by atomic mass is 19.1. The highest BCUT2D eigenvalue weighted by Crippen LogP contribution is 2.31. The van der Waals surface area contributed by atoms with Crippen LogP contribution in [0.5, 0.6) is 0 Å². The van der Waals surface area contributed by atoms with Crippen LogP contribution in [0.25, 0.3) is 22.3 Å². The molecule has 4 heterocycles. The summed E-state index contributed by atoms with van der Waals surface area (Å²) in [5.74, 6) is 0.263. The van der Waals surface area contributed by atoms with Crippen molar-refractivity contribution in [2.24, 2.45) is 0 Å². The summed E-state index contributed by atoms with van der Waals surface area (Å²) in [7, 11) is 0. The Balaban J connectivity index is 1.37. The van der Waals surface area contributed by atoms with Crippen molar-refractivity contribution in [3.63, 3.8) is 0 Å². The van der Waals surface area contributed by atoms with Gasteiger partial charge in [-0.25, -0.2) is 28.7 Å². The van der Waals surface area contributed by atoms with Gasteiger partial charge in [0.2, 0.25) is 5.95 Å². The molecule has 1 aliphatic heterocycles. The summed E-state index contributed by atoms with van der Waals surface area (Å²) in [5, 5.41) is 3.06. The molecule has 1 saturated heterocycles. The molecule has 39 heavy (non-hydrogen) atoms. The van der Waals surface area contributed by atoms with Gasteiger partial charge in [0.25, 0.3) is 0 Å². The monoisotopic (exact) mass is 534 g/mol. The molecule has 1 aromatic carbocycles. The maximum absolute atomic E-state index is 15.0. The van der Waals surface area contributed by atoms with Crippen LogP contribution >= 0.6 is 0 Å². The molecule has 0 radical (unpaired) electrons. The normalized spacial score (nSPS) is 17.7. The van der Waals surface area contributed by atoms with Gasteiger partial charge >= 0.3 is 0 Å². The zero-order chi connectivity index (χ0) is 27.8. The maximum Gasteiger partial charge on any atom is 0.229 e. The van der Waals surface area contributed by atoms with Gasteiger partial charge in [-0.1, -0.05) is 13.0 Å². The van der Waals surface area contributed by atoms with Crippen molar-refractivity contribution in [1.29, 1.82) is 0 Å². The number of imidazole rings is 1. The third-order valence-electron chi connectivity index (χ3n) is 7.68. The van der Waals surface area contributed by atoms with Crippen LogP contribution in [0, 0.1) is 18.6 Å². The fourth-order valence-electron chi connectivity index (χ4n) is 5.63. The van der Waals surface area contributed by atoms with E-state index in [1.165, 1.54) is 6.07 Å². The highest BCUT2D eigenvalue weighted by molar-refractivity contribution is 5.83. The number of aryl methyl sites for hydroxylation is 1. The van der Waals surface area contributed by atoms with Gasteiger partial charge in [0.15, 0.2) is 11.6 Å². The molecule has 0 saturated carbocycles. The zero-order valence-corrected chi connectivity index (χ0v) is 23.4. The summed E-state index contributed by atoms with van der Waals surface area (Å²) in [5.41, 5.74) is 2.31. The predicted molar refractivity (Wildman–Crippen MR) is 150 cm³/mol. The summed E-state index contributed by atoms with van der Waals surface area (Å²) in [4.78, 5) is 22.4. The van der Waals surface area contributed by atoms with Crippen molar-refractivity contribution in [2.75, 3.05) is 31.5 Å². The zero-order valence-electron chi connectivity index (χ0n) is 23.4. The first-order chi connectivity index (χ1) is 18.7. The number of hydrogen-bond acceptors (Lipinski definition) is 7. The summed E-state index contributed by atoms with van der Waals surface area (Å²) >= 11 is 0. The van der Waals surface area contributed by atoms with Crippen molar-refractivity contribution >= 4 is 22.8 Å². The molecular formula is C29H36F2N8. The van der Waals surface area contributed by atoms with Crippen molar-refractivity contribution in [3.05, 3.63) is 59.7 Å². The molecule has 206 valence electrons.